The van der Waals surface area contributed by atoms with E-state index in [9.17, 15) is 9.18 Å². The smallest absolute Gasteiger partial charge is 0.239 e. The zero-order chi connectivity index (χ0) is 20.4. The Morgan fingerprint density at radius 2 is 1.79 bits per heavy atom. The van der Waals surface area contributed by atoms with Crippen LogP contribution in [0.15, 0.2) is 59.6 Å². The molecule has 5 nitrogen and oxygen atoms in total. The third kappa shape index (κ3) is 7.02. The molecule has 0 atom stereocenters. The van der Waals surface area contributed by atoms with Crippen LogP contribution in [0.1, 0.15) is 25.0 Å². The van der Waals surface area contributed by atoms with Gasteiger partial charge < -0.3 is 16.0 Å². The lowest BCUT2D eigenvalue weighted by molar-refractivity contribution is -0.119. The highest BCUT2D eigenvalue weighted by atomic mass is 19.1. The molecular formula is C22H29FN4O. The molecule has 0 aliphatic carbocycles. The van der Waals surface area contributed by atoms with Gasteiger partial charge in [-0.05, 0) is 29.7 Å². The van der Waals surface area contributed by atoms with Crippen molar-refractivity contribution in [3.05, 3.63) is 71.5 Å². The third-order valence-electron chi connectivity index (χ3n) is 4.52. The van der Waals surface area contributed by atoms with Crippen molar-refractivity contribution in [3.63, 3.8) is 0 Å². The van der Waals surface area contributed by atoms with Gasteiger partial charge in [-0.1, -0.05) is 56.3 Å². The number of nitrogens with zero attached hydrogens (tertiary/aromatic N) is 1. The first-order valence-corrected chi connectivity index (χ1v) is 9.42. The summed E-state index contributed by atoms with van der Waals surface area (Å²) in [5.74, 6) is 0.186. The van der Waals surface area contributed by atoms with Crippen molar-refractivity contribution in [2.75, 3.05) is 26.7 Å². The summed E-state index contributed by atoms with van der Waals surface area (Å²) in [5, 5.41) is 9.10. The fourth-order valence-corrected chi connectivity index (χ4v) is 2.75. The van der Waals surface area contributed by atoms with E-state index in [2.05, 4.69) is 20.9 Å². The van der Waals surface area contributed by atoms with Crippen LogP contribution in [0.5, 0.6) is 0 Å². The van der Waals surface area contributed by atoms with Crippen LogP contribution in [0.2, 0.25) is 0 Å². The van der Waals surface area contributed by atoms with Crippen molar-refractivity contribution in [3.8, 4) is 0 Å². The number of nitrogens with one attached hydrogen (secondary N) is 3. The molecule has 0 spiro atoms. The van der Waals surface area contributed by atoms with Gasteiger partial charge in [0.05, 0.1) is 6.54 Å². The number of halogens is 1. The van der Waals surface area contributed by atoms with E-state index in [1.54, 1.807) is 13.1 Å². The van der Waals surface area contributed by atoms with Crippen molar-refractivity contribution in [2.24, 2.45) is 4.99 Å². The number of carbonyl (C=O) groups excluding carboxylic acids is 1. The van der Waals surface area contributed by atoms with Gasteiger partial charge in [-0.25, -0.2) is 4.39 Å². The molecule has 28 heavy (non-hydrogen) atoms. The number of benzene rings is 2. The molecule has 0 unspecified atom stereocenters. The number of carbonyl (C=O) groups is 1. The molecule has 0 saturated carbocycles. The molecule has 0 fully saturated rings. The topological polar surface area (TPSA) is 65.5 Å². The van der Waals surface area contributed by atoms with E-state index in [0.717, 1.165) is 12.0 Å². The maximum Gasteiger partial charge on any atom is 0.239 e. The number of aliphatic imine (C=N–C) groups is 1. The Kier molecular flexibility index (Phi) is 7.99. The summed E-state index contributed by atoms with van der Waals surface area (Å²) in [6, 6.07) is 16.6. The van der Waals surface area contributed by atoms with E-state index in [1.165, 1.54) is 17.7 Å². The van der Waals surface area contributed by atoms with Gasteiger partial charge in [0.2, 0.25) is 5.91 Å². The van der Waals surface area contributed by atoms with Gasteiger partial charge in [0.1, 0.15) is 5.82 Å². The maximum absolute atomic E-state index is 13.5. The number of hydrogen-bond donors (Lipinski definition) is 3. The second-order valence-electron chi connectivity index (χ2n) is 7.26. The Morgan fingerprint density at radius 3 is 2.46 bits per heavy atom. The predicted molar refractivity (Wildman–Crippen MR) is 112 cm³/mol. The van der Waals surface area contributed by atoms with Crippen molar-refractivity contribution in [2.45, 2.75) is 25.7 Å². The summed E-state index contributed by atoms with van der Waals surface area (Å²) in [7, 11) is 1.65. The largest absolute Gasteiger partial charge is 0.356 e. The van der Waals surface area contributed by atoms with E-state index in [1.807, 2.05) is 50.2 Å². The van der Waals surface area contributed by atoms with Gasteiger partial charge in [0.15, 0.2) is 5.96 Å². The lowest BCUT2D eigenvalue weighted by atomic mass is 9.84. The first-order chi connectivity index (χ1) is 13.4. The normalized spacial score (nSPS) is 11.8. The second-order valence-corrected chi connectivity index (χ2v) is 7.26. The predicted octanol–water partition coefficient (Wildman–Crippen LogP) is 2.63. The quantitative estimate of drug-likeness (QED) is 0.484. The molecule has 0 bridgehead atoms. The van der Waals surface area contributed by atoms with Gasteiger partial charge in [-0.2, -0.15) is 0 Å². The lowest BCUT2D eigenvalue weighted by Gasteiger charge is -2.26. The first kappa shape index (κ1) is 21.4. The van der Waals surface area contributed by atoms with Gasteiger partial charge in [0.25, 0.3) is 0 Å². The fraction of sp³-hybridized carbons (Fsp3) is 0.364. The zero-order valence-electron chi connectivity index (χ0n) is 16.8. The molecule has 0 radical (unpaired) electrons. The summed E-state index contributed by atoms with van der Waals surface area (Å²) < 4.78 is 13.5. The summed E-state index contributed by atoms with van der Waals surface area (Å²) in [4.78, 5) is 16.2. The maximum atomic E-state index is 13.5. The molecular weight excluding hydrogens is 355 g/mol. The number of rotatable bonds is 8. The molecule has 0 saturated heterocycles. The third-order valence-corrected chi connectivity index (χ3v) is 4.52. The summed E-state index contributed by atoms with van der Waals surface area (Å²) >= 11 is 0. The van der Waals surface area contributed by atoms with Crippen LogP contribution < -0.4 is 16.0 Å². The van der Waals surface area contributed by atoms with Crippen molar-refractivity contribution in [1.82, 2.24) is 16.0 Å². The van der Waals surface area contributed by atoms with Crippen LogP contribution in [0.3, 0.4) is 0 Å². The van der Waals surface area contributed by atoms with Crippen LogP contribution >= 0.6 is 0 Å². The lowest BCUT2D eigenvalue weighted by Crippen LogP contribution is -2.46. The molecule has 0 heterocycles. The molecule has 150 valence electrons. The number of hydrogen-bond acceptors (Lipinski definition) is 2. The van der Waals surface area contributed by atoms with E-state index in [4.69, 9.17) is 0 Å². The summed E-state index contributed by atoms with van der Waals surface area (Å²) in [6.45, 7) is 5.32. The summed E-state index contributed by atoms with van der Waals surface area (Å²) in [6.07, 6.45) is 0.793. The molecule has 1 amide bonds. The number of guanidine groups is 1. The second kappa shape index (κ2) is 10.4. The molecule has 2 aromatic rings. The van der Waals surface area contributed by atoms with E-state index in [0.29, 0.717) is 19.0 Å². The van der Waals surface area contributed by atoms with E-state index < -0.39 is 0 Å². The van der Waals surface area contributed by atoms with Gasteiger partial charge in [-0.15, -0.1) is 0 Å². The van der Waals surface area contributed by atoms with Crippen molar-refractivity contribution < 1.29 is 9.18 Å². The van der Waals surface area contributed by atoms with Crippen LogP contribution in [0.4, 0.5) is 4.39 Å². The molecule has 3 N–H and O–H groups in total. The highest BCUT2D eigenvalue weighted by Crippen LogP contribution is 2.22. The van der Waals surface area contributed by atoms with Gasteiger partial charge in [0, 0.05) is 25.6 Å². The molecule has 0 aromatic heterocycles. The minimum absolute atomic E-state index is 0.0942. The van der Waals surface area contributed by atoms with Crippen molar-refractivity contribution in [1.29, 1.82) is 0 Å². The molecule has 2 rings (SSSR count). The van der Waals surface area contributed by atoms with Crippen LogP contribution in [0.25, 0.3) is 0 Å². The molecule has 6 heteroatoms. The molecule has 0 aliphatic rings. The van der Waals surface area contributed by atoms with E-state index >= 15 is 0 Å². The number of amides is 1. The Bertz CT molecular complexity index is 790. The average Bonchev–Trinajstić information content (AvgIpc) is 2.69. The Balaban J connectivity index is 1.74. The molecule has 0 aliphatic heterocycles. The van der Waals surface area contributed by atoms with Crippen molar-refractivity contribution >= 4 is 11.9 Å². The highest BCUT2D eigenvalue weighted by molar-refractivity contribution is 5.86. The van der Waals surface area contributed by atoms with Gasteiger partial charge in [-0.3, -0.25) is 9.79 Å². The Morgan fingerprint density at radius 1 is 1.04 bits per heavy atom. The van der Waals surface area contributed by atoms with E-state index in [-0.39, 0.29) is 23.7 Å². The highest BCUT2D eigenvalue weighted by Gasteiger charge is 2.21. The van der Waals surface area contributed by atoms with Crippen LogP contribution in [-0.2, 0) is 16.6 Å². The first-order valence-electron chi connectivity index (χ1n) is 9.42. The minimum atomic E-state index is -0.294. The Hall–Kier alpha value is -2.89. The monoisotopic (exact) mass is 384 g/mol. The summed E-state index contributed by atoms with van der Waals surface area (Å²) in [5.41, 5.74) is 1.79. The zero-order valence-corrected chi connectivity index (χ0v) is 16.8. The Labute approximate surface area is 166 Å². The fourth-order valence-electron chi connectivity index (χ4n) is 2.75. The standard InChI is InChI=1S/C22H29FN4O/c1-22(2,18-10-7-11-19(23)14-18)16-27-21(24-3)26-15-20(28)25-13-12-17-8-5-4-6-9-17/h4-11,14H,12-13,15-16H2,1-3H3,(H,25,28)(H2,24,26,27). The minimum Gasteiger partial charge on any atom is -0.356 e. The average molecular weight is 384 g/mol. The molecule has 2 aromatic carbocycles. The van der Waals surface area contributed by atoms with Crippen LogP contribution in [-0.4, -0.2) is 38.5 Å². The van der Waals surface area contributed by atoms with Crippen LogP contribution in [0, 0.1) is 5.82 Å². The van der Waals surface area contributed by atoms with Gasteiger partial charge >= 0.3 is 0 Å². The SMILES string of the molecule is CN=C(NCC(=O)NCCc1ccccc1)NCC(C)(C)c1cccc(F)c1.